The maximum atomic E-state index is 11.9. The van der Waals surface area contributed by atoms with E-state index in [0.717, 1.165) is 49.2 Å². The molecule has 0 saturated heterocycles. The van der Waals surface area contributed by atoms with Gasteiger partial charge in [0.2, 0.25) is 0 Å². The summed E-state index contributed by atoms with van der Waals surface area (Å²) in [4.78, 5) is 23.2. The van der Waals surface area contributed by atoms with Crippen LogP contribution in [0.1, 0.15) is 5.56 Å². The topological polar surface area (TPSA) is 74.6 Å². The van der Waals surface area contributed by atoms with Crippen LogP contribution in [-0.2, 0) is 9.59 Å². The summed E-state index contributed by atoms with van der Waals surface area (Å²) < 4.78 is 0. The molecule has 0 aliphatic carbocycles. The monoisotopic (exact) mass is 366 g/mol. The van der Waals surface area contributed by atoms with Crippen LogP contribution in [0.2, 0.25) is 0 Å². The van der Waals surface area contributed by atoms with Crippen LogP contribution in [0.15, 0.2) is 72.8 Å². The van der Waals surface area contributed by atoms with Crippen molar-refractivity contribution in [1.82, 2.24) is 0 Å². The van der Waals surface area contributed by atoms with Gasteiger partial charge < -0.3 is 10.2 Å². The number of carbonyl (C=O) groups is 2. The van der Waals surface area contributed by atoms with Crippen molar-refractivity contribution < 1.29 is 19.8 Å². The number of fused-ring (bicyclic) bond motifs is 2. The van der Waals surface area contributed by atoms with E-state index in [9.17, 15) is 19.8 Å². The first-order chi connectivity index (χ1) is 13.6. The molecule has 5 rings (SSSR count). The van der Waals surface area contributed by atoms with Gasteiger partial charge in [-0.25, -0.2) is 9.59 Å². The van der Waals surface area contributed by atoms with Gasteiger partial charge >= 0.3 is 11.9 Å². The molecule has 134 valence electrons. The van der Waals surface area contributed by atoms with Crippen LogP contribution in [0.5, 0.6) is 0 Å². The fraction of sp³-hybridized carbons (Fsp3) is 0. The number of carboxylic acid groups (broad SMARTS) is 2. The molecule has 0 aliphatic heterocycles. The molecule has 4 nitrogen and oxygen atoms in total. The molecular weight excluding hydrogens is 352 g/mol. The number of benzene rings is 5. The van der Waals surface area contributed by atoms with E-state index in [0.29, 0.717) is 5.56 Å². The quantitative estimate of drug-likeness (QED) is 0.258. The molecule has 0 spiro atoms. The molecule has 0 radical (unpaired) electrons. The molecule has 2 N–H and O–H groups in total. The van der Waals surface area contributed by atoms with Crippen molar-refractivity contribution in [2.75, 3.05) is 0 Å². The zero-order valence-corrected chi connectivity index (χ0v) is 14.6. The first kappa shape index (κ1) is 16.3. The fourth-order valence-electron chi connectivity index (χ4n) is 4.26. The van der Waals surface area contributed by atoms with E-state index in [2.05, 4.69) is 6.07 Å². The summed E-state index contributed by atoms with van der Waals surface area (Å²) in [6.45, 7) is 0. The molecule has 0 unspecified atom stereocenters. The highest BCUT2D eigenvalue weighted by molar-refractivity contribution is 6.36. The van der Waals surface area contributed by atoms with Crippen LogP contribution in [-0.4, -0.2) is 22.2 Å². The molecule has 5 aromatic rings. The number of hydrogen-bond donors (Lipinski definition) is 2. The Morgan fingerprint density at radius 3 is 1.82 bits per heavy atom. The van der Waals surface area contributed by atoms with E-state index in [4.69, 9.17) is 0 Å². The largest absolute Gasteiger partial charge is 0.478 e. The molecule has 0 amide bonds. The second-order valence-corrected chi connectivity index (χ2v) is 6.80. The Morgan fingerprint density at radius 1 is 0.643 bits per heavy atom. The van der Waals surface area contributed by atoms with Crippen LogP contribution in [0.3, 0.4) is 0 Å². The Balaban J connectivity index is 2.12. The first-order valence-corrected chi connectivity index (χ1v) is 8.83. The lowest BCUT2D eigenvalue weighted by molar-refractivity contribution is -0.133. The third-order valence-electron chi connectivity index (χ3n) is 5.30. The summed E-state index contributed by atoms with van der Waals surface area (Å²) in [5.41, 5.74) is 0.187. The van der Waals surface area contributed by atoms with Crippen molar-refractivity contribution >= 4 is 60.6 Å². The van der Waals surface area contributed by atoms with E-state index in [1.807, 2.05) is 54.6 Å². The van der Waals surface area contributed by atoms with Crippen LogP contribution >= 0.6 is 0 Å². The lowest BCUT2D eigenvalue weighted by atomic mass is 9.86. The van der Waals surface area contributed by atoms with Gasteiger partial charge in [0.15, 0.2) is 0 Å². The third-order valence-corrected chi connectivity index (χ3v) is 5.30. The van der Waals surface area contributed by atoms with Crippen LogP contribution in [0.4, 0.5) is 0 Å². The second kappa shape index (κ2) is 5.79. The average molecular weight is 366 g/mol. The van der Waals surface area contributed by atoms with Gasteiger partial charge in [0.05, 0.1) is 5.57 Å². The fourth-order valence-corrected chi connectivity index (χ4v) is 4.26. The van der Waals surface area contributed by atoms with Crippen molar-refractivity contribution in [2.24, 2.45) is 0 Å². The molecule has 0 heterocycles. The smallest absolute Gasteiger partial charge is 0.336 e. The summed E-state index contributed by atoms with van der Waals surface area (Å²) in [5, 5.41) is 26.8. The van der Waals surface area contributed by atoms with Crippen LogP contribution in [0.25, 0.3) is 48.7 Å². The van der Waals surface area contributed by atoms with E-state index in [1.54, 1.807) is 6.07 Å². The number of rotatable bonds is 3. The van der Waals surface area contributed by atoms with E-state index in [1.165, 1.54) is 0 Å². The molecule has 0 aromatic heterocycles. The second-order valence-electron chi connectivity index (χ2n) is 6.80. The van der Waals surface area contributed by atoms with Gasteiger partial charge in [-0.15, -0.1) is 0 Å². The first-order valence-electron chi connectivity index (χ1n) is 8.83. The summed E-state index contributed by atoms with van der Waals surface area (Å²) in [7, 11) is 0. The van der Waals surface area contributed by atoms with Gasteiger partial charge in [-0.1, -0.05) is 66.7 Å². The maximum Gasteiger partial charge on any atom is 0.336 e. The van der Waals surface area contributed by atoms with Gasteiger partial charge in [0.25, 0.3) is 0 Å². The normalized spacial score (nSPS) is 12.4. The molecule has 4 heteroatoms. The maximum absolute atomic E-state index is 11.9. The zero-order valence-electron chi connectivity index (χ0n) is 14.6. The van der Waals surface area contributed by atoms with Crippen molar-refractivity contribution in [3.63, 3.8) is 0 Å². The standard InChI is InChI=1S/C24H14O4/c25-20(26)12-19(24(27)28)17-11-10-14-6-2-8-16-15-7-1-4-13-5-3-9-18(21(13)15)23(17)22(14)16/h1-12H,(H,25,26)(H,27,28)/b19-12-. The highest BCUT2D eigenvalue weighted by atomic mass is 16.4. The van der Waals surface area contributed by atoms with E-state index < -0.39 is 11.9 Å². The molecule has 0 bridgehead atoms. The lowest BCUT2D eigenvalue weighted by Gasteiger charge is -2.17. The molecular formula is C24H14O4. The van der Waals surface area contributed by atoms with Gasteiger partial charge in [0.1, 0.15) is 0 Å². The highest BCUT2D eigenvalue weighted by Gasteiger charge is 2.20. The lowest BCUT2D eigenvalue weighted by Crippen LogP contribution is -2.04. The van der Waals surface area contributed by atoms with Gasteiger partial charge in [-0.05, 0) is 48.7 Å². The SMILES string of the molecule is O=C(O)/C=C(\C(=O)O)c1ccc2cccc3c4cccc5cccc(c1c23)c54. The zero-order chi connectivity index (χ0) is 19.4. The minimum Gasteiger partial charge on any atom is -0.478 e. The van der Waals surface area contributed by atoms with Crippen LogP contribution in [0, 0.1) is 0 Å². The van der Waals surface area contributed by atoms with E-state index >= 15 is 0 Å². The Labute approximate surface area is 159 Å². The number of aliphatic carboxylic acids is 2. The molecule has 0 fully saturated rings. The molecule has 0 saturated carbocycles. The van der Waals surface area contributed by atoms with E-state index in [-0.39, 0.29) is 5.57 Å². The van der Waals surface area contributed by atoms with Crippen molar-refractivity contribution in [3.05, 3.63) is 78.4 Å². The Bertz CT molecular complexity index is 1450. The van der Waals surface area contributed by atoms with Crippen molar-refractivity contribution in [1.29, 1.82) is 0 Å². The highest BCUT2D eigenvalue weighted by Crippen LogP contribution is 2.42. The van der Waals surface area contributed by atoms with Crippen molar-refractivity contribution in [2.45, 2.75) is 0 Å². The minimum absolute atomic E-state index is 0.226. The molecule has 0 aliphatic rings. The predicted molar refractivity (Wildman–Crippen MR) is 111 cm³/mol. The summed E-state index contributed by atoms with van der Waals surface area (Å²) >= 11 is 0. The Kier molecular flexibility index (Phi) is 3.36. The summed E-state index contributed by atoms with van der Waals surface area (Å²) in [5.74, 6) is -2.55. The van der Waals surface area contributed by atoms with Crippen molar-refractivity contribution in [3.8, 4) is 0 Å². The van der Waals surface area contributed by atoms with Crippen LogP contribution < -0.4 is 0 Å². The predicted octanol–water partition coefficient (Wildman–Crippen LogP) is 5.29. The Morgan fingerprint density at radius 2 is 1.21 bits per heavy atom. The minimum atomic E-state index is -1.28. The molecule has 0 atom stereocenters. The number of carboxylic acids is 2. The third kappa shape index (κ3) is 2.18. The average Bonchev–Trinajstić information content (AvgIpc) is 2.69. The molecule has 5 aromatic carbocycles. The molecule has 28 heavy (non-hydrogen) atoms. The summed E-state index contributed by atoms with van der Waals surface area (Å²) in [6, 6.07) is 21.6. The Hall–Kier alpha value is -3.92. The van der Waals surface area contributed by atoms with Gasteiger partial charge in [-0.2, -0.15) is 0 Å². The van der Waals surface area contributed by atoms with Gasteiger partial charge in [-0.3, -0.25) is 0 Å². The summed E-state index contributed by atoms with van der Waals surface area (Å²) in [6.07, 6.45) is 0.767. The van der Waals surface area contributed by atoms with Gasteiger partial charge in [0, 0.05) is 6.08 Å². The number of hydrogen-bond acceptors (Lipinski definition) is 2.